The van der Waals surface area contributed by atoms with Gasteiger partial charge >= 0.3 is 0 Å². The first-order valence-corrected chi connectivity index (χ1v) is 5.45. The predicted molar refractivity (Wildman–Crippen MR) is 71.7 cm³/mol. The van der Waals surface area contributed by atoms with Crippen LogP contribution in [0.4, 0.5) is 11.4 Å². The number of ether oxygens (including phenoxy) is 1. The molecular formula is C14H14N2O2. The van der Waals surface area contributed by atoms with Gasteiger partial charge in [-0.2, -0.15) is 0 Å². The lowest BCUT2D eigenvalue weighted by Crippen LogP contribution is -2.05. The van der Waals surface area contributed by atoms with Gasteiger partial charge in [-0.05, 0) is 42.5 Å². The van der Waals surface area contributed by atoms with E-state index in [2.05, 4.69) is 0 Å². The summed E-state index contributed by atoms with van der Waals surface area (Å²) in [5.74, 6) is 0.576. The Bertz CT molecular complexity index is 577. The van der Waals surface area contributed by atoms with Crippen molar-refractivity contribution in [3.05, 3.63) is 53.6 Å². The maximum absolute atomic E-state index is 12.2. The van der Waals surface area contributed by atoms with E-state index in [1.807, 2.05) is 0 Å². The minimum atomic E-state index is -0.129. The van der Waals surface area contributed by atoms with Crippen LogP contribution in [0.25, 0.3) is 0 Å². The minimum Gasteiger partial charge on any atom is -0.497 e. The van der Waals surface area contributed by atoms with Crippen LogP contribution in [0, 0.1) is 0 Å². The van der Waals surface area contributed by atoms with Gasteiger partial charge in [0.15, 0.2) is 5.78 Å². The third-order valence-corrected chi connectivity index (χ3v) is 2.67. The molecule has 4 heteroatoms. The number of ketones is 1. The van der Waals surface area contributed by atoms with Crippen molar-refractivity contribution in [2.45, 2.75) is 0 Å². The lowest BCUT2D eigenvalue weighted by atomic mass is 10.0. The second-order valence-corrected chi connectivity index (χ2v) is 3.90. The first kappa shape index (κ1) is 12.0. The van der Waals surface area contributed by atoms with E-state index in [9.17, 15) is 4.79 Å². The summed E-state index contributed by atoms with van der Waals surface area (Å²) in [6.45, 7) is 0. The molecule has 0 aliphatic carbocycles. The Hall–Kier alpha value is -2.49. The summed E-state index contributed by atoms with van der Waals surface area (Å²) >= 11 is 0. The van der Waals surface area contributed by atoms with Gasteiger partial charge in [0, 0.05) is 22.5 Å². The molecule has 0 radical (unpaired) electrons. The Morgan fingerprint density at radius 2 is 1.72 bits per heavy atom. The molecule has 0 bridgehead atoms. The summed E-state index contributed by atoms with van der Waals surface area (Å²) in [6, 6.07) is 11.8. The van der Waals surface area contributed by atoms with Crippen LogP contribution in [-0.2, 0) is 0 Å². The first-order chi connectivity index (χ1) is 8.61. The van der Waals surface area contributed by atoms with E-state index in [4.69, 9.17) is 16.2 Å². The van der Waals surface area contributed by atoms with Gasteiger partial charge in [0.05, 0.1) is 7.11 Å². The van der Waals surface area contributed by atoms with E-state index in [1.165, 1.54) is 0 Å². The van der Waals surface area contributed by atoms with E-state index in [-0.39, 0.29) is 5.78 Å². The Morgan fingerprint density at radius 1 is 1.06 bits per heavy atom. The number of rotatable bonds is 3. The summed E-state index contributed by atoms with van der Waals surface area (Å²) in [4.78, 5) is 12.2. The zero-order valence-corrected chi connectivity index (χ0v) is 10.0. The Morgan fingerprint density at radius 3 is 2.28 bits per heavy atom. The number of nitrogen functional groups attached to an aromatic ring is 2. The van der Waals surface area contributed by atoms with Gasteiger partial charge in [0.25, 0.3) is 0 Å². The average molecular weight is 242 g/mol. The highest BCUT2D eigenvalue weighted by atomic mass is 16.5. The maximum Gasteiger partial charge on any atom is 0.195 e. The van der Waals surface area contributed by atoms with Gasteiger partial charge in [0.2, 0.25) is 0 Å². The van der Waals surface area contributed by atoms with E-state index >= 15 is 0 Å². The Balaban J connectivity index is 2.35. The third-order valence-electron chi connectivity index (χ3n) is 2.67. The lowest BCUT2D eigenvalue weighted by Gasteiger charge is -2.06. The zero-order chi connectivity index (χ0) is 13.1. The highest BCUT2D eigenvalue weighted by Gasteiger charge is 2.12. The molecule has 0 fully saturated rings. The number of hydrogen-bond acceptors (Lipinski definition) is 4. The van der Waals surface area contributed by atoms with Crippen LogP contribution in [0.1, 0.15) is 15.9 Å². The molecule has 0 aliphatic heterocycles. The fraction of sp³-hybridized carbons (Fsp3) is 0.0714. The number of carbonyl (C=O) groups excluding carboxylic acids is 1. The van der Waals surface area contributed by atoms with Gasteiger partial charge < -0.3 is 16.2 Å². The predicted octanol–water partition coefficient (Wildman–Crippen LogP) is 2.09. The number of benzene rings is 2. The van der Waals surface area contributed by atoms with Crippen LogP contribution in [0.3, 0.4) is 0 Å². The number of anilines is 2. The smallest absolute Gasteiger partial charge is 0.195 e. The van der Waals surface area contributed by atoms with E-state index in [0.29, 0.717) is 28.3 Å². The molecule has 2 aromatic carbocycles. The molecule has 0 saturated carbocycles. The van der Waals surface area contributed by atoms with Crippen LogP contribution < -0.4 is 16.2 Å². The second kappa shape index (κ2) is 4.79. The summed E-state index contributed by atoms with van der Waals surface area (Å²) in [6.07, 6.45) is 0. The van der Waals surface area contributed by atoms with Crippen LogP contribution in [0.15, 0.2) is 42.5 Å². The van der Waals surface area contributed by atoms with Gasteiger partial charge in [0.1, 0.15) is 5.75 Å². The number of carbonyl (C=O) groups is 1. The molecule has 0 unspecified atom stereocenters. The second-order valence-electron chi connectivity index (χ2n) is 3.90. The highest BCUT2D eigenvalue weighted by molar-refractivity contribution is 6.12. The monoisotopic (exact) mass is 242 g/mol. The minimum absolute atomic E-state index is 0.129. The molecule has 0 spiro atoms. The molecule has 0 amide bonds. The number of nitrogens with two attached hydrogens (primary N) is 2. The Kier molecular flexibility index (Phi) is 3.19. The quantitative estimate of drug-likeness (QED) is 0.638. The zero-order valence-electron chi connectivity index (χ0n) is 10.0. The highest BCUT2D eigenvalue weighted by Crippen LogP contribution is 2.20. The summed E-state index contributed by atoms with van der Waals surface area (Å²) < 4.78 is 5.04. The van der Waals surface area contributed by atoms with E-state index in [1.54, 1.807) is 49.6 Å². The molecule has 0 heterocycles. The number of methoxy groups -OCH3 is 1. The van der Waals surface area contributed by atoms with E-state index in [0.717, 1.165) is 0 Å². The largest absolute Gasteiger partial charge is 0.497 e. The number of hydrogen-bond donors (Lipinski definition) is 2. The molecule has 4 nitrogen and oxygen atoms in total. The van der Waals surface area contributed by atoms with Crippen LogP contribution in [0.2, 0.25) is 0 Å². The average Bonchev–Trinajstić information content (AvgIpc) is 2.38. The molecule has 0 saturated heterocycles. The standard InChI is InChI=1S/C14H14N2O2/c1-18-11-5-2-9(3-6-11)14(17)12-7-4-10(15)8-13(12)16/h2-8H,15-16H2,1H3. The molecule has 2 rings (SSSR count). The molecule has 2 aromatic rings. The molecule has 92 valence electrons. The molecule has 0 aromatic heterocycles. The van der Waals surface area contributed by atoms with Crippen molar-refractivity contribution < 1.29 is 9.53 Å². The first-order valence-electron chi connectivity index (χ1n) is 5.45. The fourth-order valence-electron chi connectivity index (χ4n) is 1.69. The Labute approximate surface area is 105 Å². The van der Waals surface area contributed by atoms with Crippen LogP contribution in [0.5, 0.6) is 5.75 Å². The van der Waals surface area contributed by atoms with Crippen LogP contribution in [-0.4, -0.2) is 12.9 Å². The van der Waals surface area contributed by atoms with Crippen molar-refractivity contribution in [3.63, 3.8) is 0 Å². The van der Waals surface area contributed by atoms with Crippen molar-refractivity contribution in [1.82, 2.24) is 0 Å². The van der Waals surface area contributed by atoms with Gasteiger partial charge in [-0.3, -0.25) is 4.79 Å². The molecule has 0 aliphatic rings. The molecule has 0 atom stereocenters. The van der Waals surface area contributed by atoms with E-state index < -0.39 is 0 Å². The third kappa shape index (κ3) is 2.27. The molecule has 4 N–H and O–H groups in total. The van der Waals surface area contributed by atoms with Crippen molar-refractivity contribution in [2.24, 2.45) is 0 Å². The lowest BCUT2D eigenvalue weighted by molar-refractivity contribution is 0.103. The summed E-state index contributed by atoms with van der Waals surface area (Å²) in [5.41, 5.74) is 13.3. The summed E-state index contributed by atoms with van der Waals surface area (Å²) in [7, 11) is 1.58. The van der Waals surface area contributed by atoms with Gasteiger partial charge in [-0.25, -0.2) is 0 Å². The van der Waals surface area contributed by atoms with Crippen molar-refractivity contribution in [2.75, 3.05) is 18.6 Å². The maximum atomic E-state index is 12.2. The molecular weight excluding hydrogens is 228 g/mol. The molecule has 18 heavy (non-hydrogen) atoms. The summed E-state index contributed by atoms with van der Waals surface area (Å²) in [5, 5.41) is 0. The van der Waals surface area contributed by atoms with Crippen molar-refractivity contribution in [3.8, 4) is 5.75 Å². The van der Waals surface area contributed by atoms with Crippen molar-refractivity contribution in [1.29, 1.82) is 0 Å². The topological polar surface area (TPSA) is 78.3 Å². The van der Waals surface area contributed by atoms with Gasteiger partial charge in [-0.1, -0.05) is 0 Å². The SMILES string of the molecule is COc1ccc(C(=O)c2ccc(N)cc2N)cc1. The van der Waals surface area contributed by atoms with Crippen molar-refractivity contribution >= 4 is 17.2 Å². The van der Waals surface area contributed by atoms with Crippen LogP contribution >= 0.6 is 0 Å². The van der Waals surface area contributed by atoms with Gasteiger partial charge in [-0.15, -0.1) is 0 Å². The fourth-order valence-corrected chi connectivity index (χ4v) is 1.69. The normalized spacial score (nSPS) is 10.1.